The second-order valence-corrected chi connectivity index (χ2v) is 6.54. The summed E-state index contributed by atoms with van der Waals surface area (Å²) in [4.78, 5) is 36.4. The minimum atomic E-state index is -0.126. The van der Waals surface area contributed by atoms with Crippen molar-refractivity contribution in [3.8, 4) is 11.4 Å². The zero-order valence-electron chi connectivity index (χ0n) is 15.6. The summed E-state index contributed by atoms with van der Waals surface area (Å²) >= 11 is 0. The molecule has 2 aromatic rings. The number of amides is 2. The number of aromatic nitrogens is 2. The molecule has 2 amide bonds. The molecular formula is C20H25N5O2. The molecule has 3 rings (SSSR count). The summed E-state index contributed by atoms with van der Waals surface area (Å²) in [6.45, 7) is 5.06. The van der Waals surface area contributed by atoms with Crippen LogP contribution in [0.1, 0.15) is 30.3 Å². The Hall–Kier alpha value is -2.96. The van der Waals surface area contributed by atoms with Crippen molar-refractivity contribution >= 4 is 18.1 Å². The van der Waals surface area contributed by atoms with Gasteiger partial charge < -0.3 is 15.1 Å². The molecule has 1 aliphatic heterocycles. The number of nitrogens with one attached hydrogen (secondary N) is 1. The zero-order chi connectivity index (χ0) is 19.1. The number of carbonyl (C=O) groups is 2. The maximum absolute atomic E-state index is 13.0. The lowest BCUT2D eigenvalue weighted by Crippen LogP contribution is -2.48. The highest BCUT2D eigenvalue weighted by molar-refractivity contribution is 5.93. The van der Waals surface area contributed by atoms with E-state index < -0.39 is 0 Å². The molecule has 7 heteroatoms. The van der Waals surface area contributed by atoms with Crippen molar-refractivity contribution in [3.05, 3.63) is 42.1 Å². The van der Waals surface area contributed by atoms with Crippen LogP contribution in [-0.2, 0) is 4.79 Å². The zero-order valence-corrected chi connectivity index (χ0v) is 15.6. The molecule has 0 unspecified atom stereocenters. The van der Waals surface area contributed by atoms with Crippen LogP contribution in [0.15, 0.2) is 36.4 Å². The molecule has 1 aromatic carbocycles. The van der Waals surface area contributed by atoms with Crippen LogP contribution < -0.4 is 5.32 Å². The van der Waals surface area contributed by atoms with E-state index in [4.69, 9.17) is 0 Å². The van der Waals surface area contributed by atoms with Gasteiger partial charge in [0.25, 0.3) is 5.91 Å². The fraction of sp³-hybridized carbons (Fsp3) is 0.400. The SMILES string of the molecule is CCCCNc1cc(C(=O)N2CCN(C=O)CC2)nc(-c2ccccc2)n1. The van der Waals surface area contributed by atoms with E-state index in [0.29, 0.717) is 43.5 Å². The van der Waals surface area contributed by atoms with Crippen molar-refractivity contribution in [2.24, 2.45) is 0 Å². The third-order valence-electron chi connectivity index (χ3n) is 4.56. The van der Waals surface area contributed by atoms with Crippen LogP contribution in [0.25, 0.3) is 11.4 Å². The Morgan fingerprint density at radius 1 is 1.15 bits per heavy atom. The van der Waals surface area contributed by atoms with Gasteiger partial charge in [-0.05, 0) is 6.42 Å². The topological polar surface area (TPSA) is 78.4 Å². The summed E-state index contributed by atoms with van der Waals surface area (Å²) in [5.41, 5.74) is 1.25. The number of hydrogen-bond acceptors (Lipinski definition) is 5. The van der Waals surface area contributed by atoms with Crippen LogP contribution in [0.3, 0.4) is 0 Å². The Labute approximate surface area is 159 Å². The predicted molar refractivity (Wildman–Crippen MR) is 104 cm³/mol. The van der Waals surface area contributed by atoms with E-state index in [-0.39, 0.29) is 5.91 Å². The van der Waals surface area contributed by atoms with Gasteiger partial charge in [0.1, 0.15) is 11.5 Å². The summed E-state index contributed by atoms with van der Waals surface area (Å²) in [6, 6.07) is 11.4. The lowest BCUT2D eigenvalue weighted by atomic mass is 10.2. The molecule has 0 saturated carbocycles. The Morgan fingerprint density at radius 2 is 1.89 bits per heavy atom. The van der Waals surface area contributed by atoms with E-state index in [9.17, 15) is 9.59 Å². The Morgan fingerprint density at radius 3 is 2.56 bits per heavy atom. The minimum Gasteiger partial charge on any atom is -0.370 e. The fourth-order valence-corrected chi connectivity index (χ4v) is 2.95. The summed E-state index contributed by atoms with van der Waals surface area (Å²) in [5.74, 6) is 1.07. The number of rotatable bonds is 7. The van der Waals surface area contributed by atoms with Crippen LogP contribution in [-0.4, -0.2) is 64.8 Å². The molecule has 2 heterocycles. The monoisotopic (exact) mass is 367 g/mol. The van der Waals surface area contributed by atoms with E-state index in [1.54, 1.807) is 15.9 Å². The molecule has 1 aliphatic rings. The molecule has 1 aromatic heterocycles. The summed E-state index contributed by atoms with van der Waals surface area (Å²) in [7, 11) is 0. The first kappa shape index (κ1) is 18.8. The average Bonchev–Trinajstić information content (AvgIpc) is 2.74. The molecule has 0 spiro atoms. The molecule has 1 N–H and O–H groups in total. The highest BCUT2D eigenvalue weighted by Crippen LogP contribution is 2.19. The van der Waals surface area contributed by atoms with Gasteiger partial charge in [-0.1, -0.05) is 43.7 Å². The Kier molecular flexibility index (Phi) is 6.35. The van der Waals surface area contributed by atoms with Crippen LogP contribution in [0.2, 0.25) is 0 Å². The third-order valence-corrected chi connectivity index (χ3v) is 4.56. The summed E-state index contributed by atoms with van der Waals surface area (Å²) < 4.78 is 0. The van der Waals surface area contributed by atoms with E-state index in [1.807, 2.05) is 30.3 Å². The lowest BCUT2D eigenvalue weighted by Gasteiger charge is -2.32. The van der Waals surface area contributed by atoms with Crippen molar-refractivity contribution in [1.29, 1.82) is 0 Å². The van der Waals surface area contributed by atoms with E-state index in [0.717, 1.165) is 31.4 Å². The van der Waals surface area contributed by atoms with Gasteiger partial charge in [0.15, 0.2) is 5.82 Å². The predicted octanol–water partition coefficient (Wildman–Crippen LogP) is 2.27. The van der Waals surface area contributed by atoms with Crippen molar-refractivity contribution in [1.82, 2.24) is 19.8 Å². The van der Waals surface area contributed by atoms with Crippen molar-refractivity contribution in [3.63, 3.8) is 0 Å². The van der Waals surface area contributed by atoms with Crippen LogP contribution in [0, 0.1) is 0 Å². The quantitative estimate of drug-likeness (QED) is 0.600. The molecule has 1 fully saturated rings. The molecule has 1 saturated heterocycles. The molecule has 142 valence electrons. The second kappa shape index (κ2) is 9.12. The van der Waals surface area contributed by atoms with Crippen molar-refractivity contribution in [2.75, 3.05) is 38.0 Å². The minimum absolute atomic E-state index is 0.126. The van der Waals surface area contributed by atoms with Gasteiger partial charge in [0.05, 0.1) is 0 Å². The van der Waals surface area contributed by atoms with Gasteiger partial charge in [-0.3, -0.25) is 9.59 Å². The van der Waals surface area contributed by atoms with Gasteiger partial charge >= 0.3 is 0 Å². The molecule has 0 atom stereocenters. The number of piperazine rings is 1. The van der Waals surface area contributed by atoms with E-state index in [1.165, 1.54) is 0 Å². The van der Waals surface area contributed by atoms with Crippen LogP contribution in [0.4, 0.5) is 5.82 Å². The first-order valence-corrected chi connectivity index (χ1v) is 9.38. The van der Waals surface area contributed by atoms with E-state index in [2.05, 4.69) is 22.2 Å². The highest BCUT2D eigenvalue weighted by atomic mass is 16.2. The number of carbonyl (C=O) groups excluding carboxylic acids is 2. The fourth-order valence-electron chi connectivity index (χ4n) is 2.95. The molecule has 27 heavy (non-hydrogen) atoms. The van der Waals surface area contributed by atoms with Gasteiger partial charge in [0.2, 0.25) is 6.41 Å². The van der Waals surface area contributed by atoms with Crippen LogP contribution in [0.5, 0.6) is 0 Å². The lowest BCUT2D eigenvalue weighted by molar-refractivity contribution is -0.119. The highest BCUT2D eigenvalue weighted by Gasteiger charge is 2.23. The molecule has 0 radical (unpaired) electrons. The smallest absolute Gasteiger partial charge is 0.272 e. The first-order chi connectivity index (χ1) is 13.2. The van der Waals surface area contributed by atoms with Gasteiger partial charge in [-0.2, -0.15) is 0 Å². The Balaban J connectivity index is 1.85. The first-order valence-electron chi connectivity index (χ1n) is 9.38. The summed E-state index contributed by atoms with van der Waals surface area (Å²) in [6.07, 6.45) is 2.94. The number of hydrogen-bond donors (Lipinski definition) is 1. The van der Waals surface area contributed by atoms with E-state index >= 15 is 0 Å². The standard InChI is InChI=1S/C20H25N5O2/c1-2-3-9-21-18-14-17(20(27)25-12-10-24(15-26)11-13-25)22-19(23-18)16-7-5-4-6-8-16/h4-8,14-15H,2-3,9-13H2,1H3,(H,21,22,23). The van der Waals surface area contributed by atoms with Gasteiger partial charge in [-0.25, -0.2) is 9.97 Å². The van der Waals surface area contributed by atoms with Gasteiger partial charge in [-0.15, -0.1) is 0 Å². The molecule has 0 aliphatic carbocycles. The molecular weight excluding hydrogens is 342 g/mol. The Bertz CT molecular complexity index is 773. The number of benzene rings is 1. The maximum Gasteiger partial charge on any atom is 0.272 e. The number of unbranched alkanes of at least 4 members (excludes halogenated alkanes) is 1. The summed E-state index contributed by atoms with van der Waals surface area (Å²) in [5, 5.41) is 3.29. The molecule has 0 bridgehead atoms. The largest absolute Gasteiger partial charge is 0.370 e. The maximum atomic E-state index is 13.0. The van der Waals surface area contributed by atoms with Crippen molar-refractivity contribution < 1.29 is 9.59 Å². The van der Waals surface area contributed by atoms with Crippen LogP contribution >= 0.6 is 0 Å². The average molecular weight is 367 g/mol. The third kappa shape index (κ3) is 4.81. The molecule has 7 nitrogen and oxygen atoms in total. The second-order valence-electron chi connectivity index (χ2n) is 6.54. The van der Waals surface area contributed by atoms with Gasteiger partial charge in [0, 0.05) is 44.4 Å². The number of nitrogens with zero attached hydrogens (tertiary/aromatic N) is 4. The normalized spacial score (nSPS) is 14.1. The number of anilines is 1. The van der Waals surface area contributed by atoms with Crippen molar-refractivity contribution in [2.45, 2.75) is 19.8 Å².